The Bertz CT molecular complexity index is 349. The van der Waals surface area contributed by atoms with E-state index in [9.17, 15) is 4.79 Å². The van der Waals surface area contributed by atoms with Crippen molar-refractivity contribution in [1.82, 2.24) is 15.1 Å². The zero-order chi connectivity index (χ0) is 14.1. The number of hydrogen-bond donors (Lipinski definition) is 1. The average molecular weight is 281 g/mol. The monoisotopic (exact) mass is 281 g/mol. The zero-order valence-electron chi connectivity index (χ0n) is 12.7. The number of rotatable bonds is 3. The van der Waals surface area contributed by atoms with Gasteiger partial charge in [-0.1, -0.05) is 0 Å². The van der Waals surface area contributed by atoms with Crippen molar-refractivity contribution in [3.05, 3.63) is 0 Å². The van der Waals surface area contributed by atoms with E-state index >= 15 is 0 Å². The van der Waals surface area contributed by atoms with Gasteiger partial charge >= 0.3 is 0 Å². The van der Waals surface area contributed by atoms with E-state index in [4.69, 9.17) is 4.74 Å². The summed E-state index contributed by atoms with van der Waals surface area (Å²) >= 11 is 0. The maximum atomic E-state index is 12.5. The molecule has 1 N–H and O–H groups in total. The highest BCUT2D eigenvalue weighted by molar-refractivity contribution is 5.80. The predicted molar refractivity (Wildman–Crippen MR) is 77.5 cm³/mol. The number of carbonyl (C=O) groups excluding carboxylic acids is 1. The number of hydrogen-bond acceptors (Lipinski definition) is 4. The number of amides is 1. The summed E-state index contributed by atoms with van der Waals surface area (Å²) in [4.78, 5) is 17.1. The fourth-order valence-electron chi connectivity index (χ4n) is 3.74. The molecule has 5 nitrogen and oxygen atoms in total. The molecule has 0 spiro atoms. The van der Waals surface area contributed by atoms with Gasteiger partial charge in [0.15, 0.2) is 0 Å². The summed E-state index contributed by atoms with van der Waals surface area (Å²) in [5, 5.41) is 3.20. The minimum Gasteiger partial charge on any atom is -0.373 e. The number of morpholine rings is 1. The van der Waals surface area contributed by atoms with Crippen LogP contribution in [0.2, 0.25) is 0 Å². The topological polar surface area (TPSA) is 44.8 Å². The van der Waals surface area contributed by atoms with Gasteiger partial charge < -0.3 is 15.0 Å². The van der Waals surface area contributed by atoms with Crippen LogP contribution in [-0.2, 0) is 9.53 Å². The first-order valence-corrected chi connectivity index (χ1v) is 8.02. The van der Waals surface area contributed by atoms with Crippen molar-refractivity contribution in [1.29, 1.82) is 0 Å². The maximum Gasteiger partial charge on any atom is 0.228 e. The molecule has 5 heteroatoms. The molecule has 0 aliphatic carbocycles. The van der Waals surface area contributed by atoms with E-state index in [1.807, 2.05) is 0 Å². The third-order valence-electron chi connectivity index (χ3n) is 4.76. The third-order valence-corrected chi connectivity index (χ3v) is 4.76. The molecule has 0 bridgehead atoms. The molecule has 0 aromatic heterocycles. The van der Waals surface area contributed by atoms with Gasteiger partial charge in [-0.05, 0) is 26.7 Å². The lowest BCUT2D eigenvalue weighted by molar-refractivity contribution is -0.138. The van der Waals surface area contributed by atoms with E-state index in [-0.39, 0.29) is 5.92 Å². The summed E-state index contributed by atoms with van der Waals surface area (Å²) in [5.74, 6) is 0.610. The number of likely N-dealkylation sites (tertiary alicyclic amines) is 1. The Labute approximate surface area is 121 Å². The van der Waals surface area contributed by atoms with Gasteiger partial charge in [0, 0.05) is 45.3 Å². The second-order valence-electron chi connectivity index (χ2n) is 6.66. The number of nitrogens with one attached hydrogen (secondary N) is 1. The highest BCUT2D eigenvalue weighted by Crippen LogP contribution is 2.23. The Morgan fingerprint density at radius 2 is 1.95 bits per heavy atom. The molecule has 3 aliphatic heterocycles. The first-order valence-electron chi connectivity index (χ1n) is 8.02. The third kappa shape index (κ3) is 3.00. The van der Waals surface area contributed by atoms with Crippen LogP contribution in [0.25, 0.3) is 0 Å². The molecule has 1 amide bonds. The van der Waals surface area contributed by atoms with Crippen molar-refractivity contribution in [3.8, 4) is 0 Å². The van der Waals surface area contributed by atoms with Gasteiger partial charge in [0.25, 0.3) is 0 Å². The van der Waals surface area contributed by atoms with Crippen LogP contribution >= 0.6 is 0 Å². The summed E-state index contributed by atoms with van der Waals surface area (Å²) < 4.78 is 5.79. The number of nitrogens with zero attached hydrogens (tertiary/aromatic N) is 2. The van der Waals surface area contributed by atoms with Crippen molar-refractivity contribution in [2.75, 3.05) is 39.3 Å². The number of ether oxygens (including phenoxy) is 1. The molecular formula is C15H27N3O2. The highest BCUT2D eigenvalue weighted by Gasteiger charge is 2.36. The van der Waals surface area contributed by atoms with Crippen LogP contribution in [0.3, 0.4) is 0 Å². The van der Waals surface area contributed by atoms with Crippen molar-refractivity contribution < 1.29 is 9.53 Å². The van der Waals surface area contributed by atoms with Gasteiger partial charge in [0.2, 0.25) is 5.91 Å². The van der Waals surface area contributed by atoms with Gasteiger partial charge in [0.1, 0.15) is 0 Å². The number of carbonyl (C=O) groups is 1. The minimum atomic E-state index is 0.234. The molecule has 0 saturated carbocycles. The summed E-state index contributed by atoms with van der Waals surface area (Å²) in [6.07, 6.45) is 2.93. The first-order chi connectivity index (χ1) is 9.63. The summed E-state index contributed by atoms with van der Waals surface area (Å²) in [7, 11) is 0. The predicted octanol–water partition coefficient (Wildman–Crippen LogP) is 0.306. The van der Waals surface area contributed by atoms with Crippen LogP contribution in [0.15, 0.2) is 0 Å². The highest BCUT2D eigenvalue weighted by atomic mass is 16.5. The van der Waals surface area contributed by atoms with Crippen molar-refractivity contribution in [2.45, 2.75) is 44.9 Å². The summed E-state index contributed by atoms with van der Waals surface area (Å²) in [5.41, 5.74) is 0. The average Bonchev–Trinajstić information content (AvgIpc) is 2.73. The molecule has 0 radical (unpaired) electrons. The lowest BCUT2D eigenvalue weighted by atomic mass is 10.0. The van der Waals surface area contributed by atoms with E-state index in [0.717, 1.165) is 52.1 Å². The van der Waals surface area contributed by atoms with Crippen LogP contribution in [0.5, 0.6) is 0 Å². The Balaban J connectivity index is 1.56. The molecule has 0 aromatic rings. The lowest BCUT2D eigenvalue weighted by Crippen LogP contribution is -2.55. The summed E-state index contributed by atoms with van der Waals surface area (Å²) in [6, 6.07) is 0.417. The van der Waals surface area contributed by atoms with Gasteiger partial charge in [0.05, 0.1) is 18.1 Å². The Kier molecular flexibility index (Phi) is 4.29. The fraction of sp³-hybridized carbons (Fsp3) is 0.933. The molecule has 20 heavy (non-hydrogen) atoms. The second kappa shape index (κ2) is 6.00. The van der Waals surface area contributed by atoms with Gasteiger partial charge in [-0.25, -0.2) is 0 Å². The molecule has 3 unspecified atom stereocenters. The van der Waals surface area contributed by atoms with Crippen molar-refractivity contribution in [2.24, 2.45) is 5.92 Å². The van der Waals surface area contributed by atoms with Gasteiger partial charge in [-0.2, -0.15) is 0 Å². The molecule has 3 atom stereocenters. The fourth-order valence-corrected chi connectivity index (χ4v) is 3.74. The lowest BCUT2D eigenvalue weighted by Gasteiger charge is -2.39. The largest absolute Gasteiger partial charge is 0.373 e. The van der Waals surface area contributed by atoms with E-state index in [1.54, 1.807) is 0 Å². The normalized spacial score (nSPS) is 36.1. The first kappa shape index (κ1) is 14.3. The smallest absolute Gasteiger partial charge is 0.228 e. The second-order valence-corrected chi connectivity index (χ2v) is 6.66. The van der Waals surface area contributed by atoms with Crippen LogP contribution in [0.1, 0.15) is 26.7 Å². The Morgan fingerprint density at radius 1 is 1.25 bits per heavy atom. The quantitative estimate of drug-likeness (QED) is 0.808. The molecule has 3 heterocycles. The van der Waals surface area contributed by atoms with Gasteiger partial charge in [-0.15, -0.1) is 0 Å². The molecular weight excluding hydrogens is 254 g/mol. The molecule has 3 fully saturated rings. The van der Waals surface area contributed by atoms with Crippen LogP contribution in [0.4, 0.5) is 0 Å². The van der Waals surface area contributed by atoms with Gasteiger partial charge in [-0.3, -0.25) is 9.69 Å². The Morgan fingerprint density at radius 3 is 2.55 bits per heavy atom. The summed E-state index contributed by atoms with van der Waals surface area (Å²) in [6.45, 7) is 9.98. The van der Waals surface area contributed by atoms with E-state index in [1.165, 1.54) is 0 Å². The standard InChI is InChI=1S/C15H27N3O2/c1-11-8-17(9-12(2)20-11)10-14-4-3-5-18(14)15(19)13-6-16-7-13/h11-14,16H,3-10H2,1-2H3. The van der Waals surface area contributed by atoms with Crippen molar-refractivity contribution in [3.63, 3.8) is 0 Å². The molecule has 0 aromatic carbocycles. The molecule has 114 valence electrons. The molecule has 3 aliphatic rings. The van der Waals surface area contributed by atoms with E-state index in [2.05, 4.69) is 29.0 Å². The zero-order valence-corrected chi connectivity index (χ0v) is 12.7. The van der Waals surface area contributed by atoms with Crippen LogP contribution in [-0.4, -0.2) is 73.2 Å². The molecule has 3 saturated heterocycles. The minimum absolute atomic E-state index is 0.234. The maximum absolute atomic E-state index is 12.5. The van der Waals surface area contributed by atoms with Crippen molar-refractivity contribution >= 4 is 5.91 Å². The van der Waals surface area contributed by atoms with Crippen LogP contribution < -0.4 is 5.32 Å². The molecule has 3 rings (SSSR count). The van der Waals surface area contributed by atoms with Crippen LogP contribution in [0, 0.1) is 5.92 Å². The SMILES string of the molecule is CC1CN(CC2CCCN2C(=O)C2CNC2)CC(C)O1. The van der Waals surface area contributed by atoms with E-state index < -0.39 is 0 Å². The van der Waals surface area contributed by atoms with E-state index in [0.29, 0.717) is 24.2 Å². The Hall–Kier alpha value is -0.650.